The lowest BCUT2D eigenvalue weighted by molar-refractivity contribution is -0.127. The van der Waals surface area contributed by atoms with Gasteiger partial charge in [-0.2, -0.15) is 0 Å². The Balaban J connectivity index is 0.00000280. The highest BCUT2D eigenvalue weighted by atomic mass is 79.9. The fourth-order valence-corrected chi connectivity index (χ4v) is 3.54. The molecule has 0 spiro atoms. The third-order valence-corrected chi connectivity index (χ3v) is 5.09. The van der Waals surface area contributed by atoms with E-state index in [1.165, 1.54) is 12.1 Å². The number of hydrogen-bond acceptors (Lipinski definition) is 3. The number of carbonyl (C=O) groups is 1. The quantitative estimate of drug-likeness (QED) is 0.540. The van der Waals surface area contributed by atoms with Crippen molar-refractivity contribution in [2.75, 3.05) is 19.6 Å². The van der Waals surface area contributed by atoms with Crippen molar-refractivity contribution < 1.29 is 13.9 Å². The Labute approximate surface area is 180 Å². The fourth-order valence-electron chi connectivity index (χ4n) is 3.13. The average molecular weight is 472 g/mol. The molecule has 3 rings (SSSR count). The van der Waals surface area contributed by atoms with Gasteiger partial charge in [0.25, 0.3) is 0 Å². The number of nitrogens with one attached hydrogen (secondary N) is 1. The van der Waals surface area contributed by atoms with E-state index in [1.54, 1.807) is 12.1 Å². The Morgan fingerprint density at radius 2 is 1.96 bits per heavy atom. The molecule has 0 aromatic heterocycles. The van der Waals surface area contributed by atoms with Gasteiger partial charge < -0.3 is 15.0 Å². The van der Waals surface area contributed by atoms with Crippen molar-refractivity contribution >= 4 is 34.2 Å². The molecule has 0 bridgehead atoms. The lowest BCUT2D eigenvalue weighted by Gasteiger charge is -2.16. The minimum atomic E-state index is -0.247. The summed E-state index contributed by atoms with van der Waals surface area (Å²) >= 11 is 3.51. The Morgan fingerprint density at radius 1 is 1.18 bits per heavy atom. The van der Waals surface area contributed by atoms with Crippen molar-refractivity contribution in [2.45, 2.75) is 32.4 Å². The molecule has 0 radical (unpaired) electrons. The molecule has 1 saturated heterocycles. The van der Waals surface area contributed by atoms with Gasteiger partial charge in [0.2, 0.25) is 5.91 Å². The van der Waals surface area contributed by atoms with Crippen LogP contribution in [0.2, 0.25) is 0 Å². The minimum absolute atomic E-state index is 0. The van der Waals surface area contributed by atoms with Crippen LogP contribution in [0.25, 0.3) is 0 Å². The number of hydrogen-bond donors (Lipinski definition) is 1. The van der Waals surface area contributed by atoms with Crippen LogP contribution in [-0.4, -0.2) is 30.4 Å². The zero-order valence-electron chi connectivity index (χ0n) is 15.6. The molecule has 1 N–H and O–H groups in total. The molecule has 1 aliphatic heterocycles. The van der Waals surface area contributed by atoms with Crippen LogP contribution in [0.1, 0.15) is 30.4 Å². The monoisotopic (exact) mass is 470 g/mol. The van der Waals surface area contributed by atoms with Crippen LogP contribution in [0.3, 0.4) is 0 Å². The molecule has 4 nitrogen and oxygen atoms in total. The molecule has 152 valence electrons. The number of amides is 1. The third kappa shape index (κ3) is 6.76. The third-order valence-electron chi connectivity index (χ3n) is 4.60. The number of benzene rings is 2. The Morgan fingerprint density at radius 3 is 2.68 bits per heavy atom. The summed E-state index contributed by atoms with van der Waals surface area (Å²) in [6.45, 7) is 3.63. The number of carbonyl (C=O) groups excluding carboxylic acids is 1. The smallest absolute Gasteiger partial charge is 0.222 e. The zero-order chi connectivity index (χ0) is 19.1. The maximum Gasteiger partial charge on any atom is 0.222 e. The molecule has 0 unspecified atom stereocenters. The van der Waals surface area contributed by atoms with Gasteiger partial charge in [-0.15, -0.1) is 12.4 Å². The van der Waals surface area contributed by atoms with Crippen LogP contribution >= 0.6 is 28.3 Å². The van der Waals surface area contributed by atoms with Gasteiger partial charge in [0, 0.05) is 36.1 Å². The number of halogens is 3. The van der Waals surface area contributed by atoms with Gasteiger partial charge in [0.15, 0.2) is 0 Å². The summed E-state index contributed by atoms with van der Waals surface area (Å²) in [7, 11) is 0. The van der Waals surface area contributed by atoms with E-state index in [0.717, 1.165) is 53.8 Å². The maximum absolute atomic E-state index is 13.0. The molecule has 2 aromatic rings. The molecule has 1 heterocycles. The van der Waals surface area contributed by atoms with E-state index in [9.17, 15) is 9.18 Å². The number of likely N-dealkylation sites (tertiary alicyclic amines) is 1. The molecule has 1 amide bonds. The first-order valence-corrected chi connectivity index (χ1v) is 10.1. The number of ether oxygens (including phenoxy) is 1. The van der Waals surface area contributed by atoms with Gasteiger partial charge in [0.1, 0.15) is 18.2 Å². The van der Waals surface area contributed by atoms with Gasteiger partial charge >= 0.3 is 0 Å². The van der Waals surface area contributed by atoms with Crippen LogP contribution < -0.4 is 10.1 Å². The Bertz CT molecular complexity index is 774. The topological polar surface area (TPSA) is 41.6 Å². The summed E-state index contributed by atoms with van der Waals surface area (Å²) in [6.07, 6.45) is 2.62. The van der Waals surface area contributed by atoms with E-state index in [4.69, 9.17) is 4.74 Å². The van der Waals surface area contributed by atoms with E-state index in [0.29, 0.717) is 19.6 Å². The fraction of sp³-hybridized carbons (Fsp3) is 0.381. The zero-order valence-corrected chi connectivity index (χ0v) is 18.0. The molecule has 1 fully saturated rings. The van der Waals surface area contributed by atoms with Crippen LogP contribution in [0.5, 0.6) is 5.75 Å². The Kier molecular flexibility index (Phi) is 9.22. The average Bonchev–Trinajstić information content (AvgIpc) is 3.07. The van der Waals surface area contributed by atoms with Crippen molar-refractivity contribution in [1.82, 2.24) is 10.2 Å². The van der Waals surface area contributed by atoms with Gasteiger partial charge in [-0.25, -0.2) is 4.39 Å². The first kappa shape index (κ1) is 22.7. The number of rotatable bonds is 9. The molecule has 0 aliphatic carbocycles. The summed E-state index contributed by atoms with van der Waals surface area (Å²) in [6, 6.07) is 12.3. The first-order chi connectivity index (χ1) is 13.1. The molecular formula is C21H25BrClFN2O2. The maximum atomic E-state index is 13.0. The van der Waals surface area contributed by atoms with E-state index < -0.39 is 0 Å². The second-order valence-electron chi connectivity index (χ2n) is 6.68. The van der Waals surface area contributed by atoms with Gasteiger partial charge in [-0.3, -0.25) is 4.79 Å². The van der Waals surface area contributed by atoms with E-state index >= 15 is 0 Å². The SMILES string of the molecule is Cl.O=C1CCCN1CCCNCc1cc(Br)ccc1OCc1ccc(F)cc1. The summed E-state index contributed by atoms with van der Waals surface area (Å²) in [5.74, 6) is 0.839. The molecule has 0 atom stereocenters. The molecule has 2 aromatic carbocycles. The standard InChI is InChI=1S/C21H24BrFN2O2.ClH/c22-18-6-9-20(27-15-16-4-7-19(23)8-5-16)17(13-18)14-24-10-2-12-25-11-1-3-21(25)26;/h4-9,13,24H,1-3,10-12,14-15H2;1H. The predicted molar refractivity (Wildman–Crippen MR) is 114 cm³/mol. The molecule has 28 heavy (non-hydrogen) atoms. The summed E-state index contributed by atoms with van der Waals surface area (Å²) in [5.41, 5.74) is 1.98. The van der Waals surface area contributed by atoms with Gasteiger partial charge in [0.05, 0.1) is 0 Å². The highest BCUT2D eigenvalue weighted by Crippen LogP contribution is 2.24. The second kappa shape index (κ2) is 11.4. The van der Waals surface area contributed by atoms with Crippen LogP contribution in [0, 0.1) is 5.82 Å². The van der Waals surface area contributed by atoms with Crippen LogP contribution in [0.4, 0.5) is 4.39 Å². The van der Waals surface area contributed by atoms with Crippen molar-refractivity contribution in [1.29, 1.82) is 0 Å². The Hall–Kier alpha value is -1.63. The van der Waals surface area contributed by atoms with Crippen molar-refractivity contribution in [3.05, 3.63) is 63.9 Å². The van der Waals surface area contributed by atoms with Crippen LogP contribution in [0.15, 0.2) is 46.9 Å². The second-order valence-corrected chi connectivity index (χ2v) is 7.60. The summed E-state index contributed by atoms with van der Waals surface area (Å²) in [5, 5.41) is 3.43. The van der Waals surface area contributed by atoms with Crippen molar-refractivity contribution in [2.24, 2.45) is 0 Å². The highest BCUT2D eigenvalue weighted by Gasteiger charge is 2.18. The lowest BCUT2D eigenvalue weighted by atomic mass is 10.2. The van der Waals surface area contributed by atoms with Crippen molar-refractivity contribution in [3.63, 3.8) is 0 Å². The molecular weight excluding hydrogens is 447 g/mol. The van der Waals surface area contributed by atoms with E-state index in [2.05, 4.69) is 21.2 Å². The van der Waals surface area contributed by atoms with Crippen molar-refractivity contribution in [3.8, 4) is 5.75 Å². The lowest BCUT2D eigenvalue weighted by Crippen LogP contribution is -2.28. The van der Waals surface area contributed by atoms with Gasteiger partial charge in [-0.1, -0.05) is 28.1 Å². The minimum Gasteiger partial charge on any atom is -0.489 e. The normalized spacial score (nSPS) is 13.5. The van der Waals surface area contributed by atoms with E-state index in [1.807, 2.05) is 23.1 Å². The summed E-state index contributed by atoms with van der Waals surface area (Å²) < 4.78 is 19.9. The molecule has 1 aliphatic rings. The molecule has 0 saturated carbocycles. The summed E-state index contributed by atoms with van der Waals surface area (Å²) in [4.78, 5) is 13.6. The largest absolute Gasteiger partial charge is 0.489 e. The molecule has 7 heteroatoms. The van der Waals surface area contributed by atoms with Gasteiger partial charge in [-0.05, 0) is 55.3 Å². The highest BCUT2D eigenvalue weighted by molar-refractivity contribution is 9.10. The predicted octanol–water partition coefficient (Wildman–Crippen LogP) is 4.69. The number of nitrogens with zero attached hydrogens (tertiary/aromatic N) is 1. The van der Waals surface area contributed by atoms with Crippen LogP contribution in [-0.2, 0) is 17.9 Å². The van der Waals surface area contributed by atoms with E-state index in [-0.39, 0.29) is 24.1 Å². The first-order valence-electron chi connectivity index (χ1n) is 9.26.